The molecule has 0 aromatic heterocycles. The van der Waals surface area contributed by atoms with Gasteiger partial charge < -0.3 is 11.1 Å². The fourth-order valence-electron chi connectivity index (χ4n) is 1.42. The quantitative estimate of drug-likeness (QED) is 0.793. The van der Waals surface area contributed by atoms with Crippen molar-refractivity contribution >= 4 is 40.3 Å². The zero-order valence-corrected chi connectivity index (χ0v) is 10.5. The Kier molecular flexibility index (Phi) is 3.59. The van der Waals surface area contributed by atoms with Crippen LogP contribution in [0.3, 0.4) is 0 Å². The molecule has 0 saturated carbocycles. The van der Waals surface area contributed by atoms with Crippen LogP contribution in [-0.2, 0) is 0 Å². The van der Waals surface area contributed by atoms with Gasteiger partial charge in [0.25, 0.3) is 0 Å². The highest BCUT2D eigenvalue weighted by molar-refractivity contribution is 6.36. The summed E-state index contributed by atoms with van der Waals surface area (Å²) in [4.78, 5) is 0. The third kappa shape index (κ3) is 2.49. The lowest BCUT2D eigenvalue weighted by atomic mass is 10.2. The first-order valence-corrected chi connectivity index (χ1v) is 5.70. The molecular formula is C12H8Cl2F2N2. The lowest BCUT2D eigenvalue weighted by Crippen LogP contribution is -2.01. The predicted octanol–water partition coefficient (Wildman–Crippen LogP) is 4.60. The normalized spacial score (nSPS) is 10.4. The maximum atomic E-state index is 13.6. The van der Waals surface area contributed by atoms with Gasteiger partial charge in [0, 0.05) is 5.02 Å². The number of nitrogens with one attached hydrogen (secondary N) is 1. The molecule has 0 spiro atoms. The van der Waals surface area contributed by atoms with Crippen molar-refractivity contribution in [2.45, 2.75) is 0 Å². The largest absolute Gasteiger partial charge is 0.397 e. The standard InChI is InChI=1S/C12H8Cl2F2N2/c13-6-1-4-10(7(14)5-6)18-12-9(17)3-2-8(15)11(12)16/h1-5,18H,17H2. The molecule has 0 amide bonds. The van der Waals surface area contributed by atoms with Crippen molar-refractivity contribution in [1.29, 1.82) is 0 Å². The van der Waals surface area contributed by atoms with E-state index in [1.54, 1.807) is 12.1 Å². The summed E-state index contributed by atoms with van der Waals surface area (Å²) in [5.41, 5.74) is 5.90. The number of nitrogens with two attached hydrogens (primary N) is 1. The molecule has 0 atom stereocenters. The number of nitrogen functional groups attached to an aromatic ring is 1. The molecule has 3 N–H and O–H groups in total. The van der Waals surface area contributed by atoms with Crippen molar-refractivity contribution in [3.63, 3.8) is 0 Å². The molecule has 18 heavy (non-hydrogen) atoms. The number of halogens is 4. The van der Waals surface area contributed by atoms with Crippen LogP contribution >= 0.6 is 23.2 Å². The van der Waals surface area contributed by atoms with Crippen molar-refractivity contribution in [2.24, 2.45) is 0 Å². The maximum absolute atomic E-state index is 13.6. The van der Waals surface area contributed by atoms with E-state index in [9.17, 15) is 8.78 Å². The molecular weight excluding hydrogens is 281 g/mol. The van der Waals surface area contributed by atoms with Crippen LogP contribution in [0.2, 0.25) is 10.0 Å². The van der Waals surface area contributed by atoms with Crippen LogP contribution in [0, 0.1) is 11.6 Å². The summed E-state index contributed by atoms with van der Waals surface area (Å²) in [6.07, 6.45) is 0. The SMILES string of the molecule is Nc1ccc(F)c(F)c1Nc1ccc(Cl)cc1Cl. The molecule has 2 aromatic carbocycles. The Labute approximate surface area is 112 Å². The summed E-state index contributed by atoms with van der Waals surface area (Å²) < 4.78 is 26.7. The van der Waals surface area contributed by atoms with E-state index in [1.165, 1.54) is 12.1 Å². The zero-order valence-electron chi connectivity index (χ0n) is 8.98. The Hall–Kier alpha value is -1.52. The second-order valence-corrected chi connectivity index (χ2v) is 4.42. The minimum atomic E-state index is -1.05. The van der Waals surface area contributed by atoms with Gasteiger partial charge >= 0.3 is 0 Å². The Balaban J connectivity index is 2.43. The van der Waals surface area contributed by atoms with Crippen LogP contribution in [0.1, 0.15) is 0 Å². The fraction of sp³-hybridized carbons (Fsp3) is 0. The highest BCUT2D eigenvalue weighted by Gasteiger charge is 2.13. The average Bonchev–Trinajstić information content (AvgIpc) is 2.32. The van der Waals surface area contributed by atoms with Gasteiger partial charge in [-0.05, 0) is 30.3 Å². The van der Waals surface area contributed by atoms with Crippen molar-refractivity contribution < 1.29 is 8.78 Å². The fourth-order valence-corrected chi connectivity index (χ4v) is 1.87. The van der Waals surface area contributed by atoms with E-state index in [-0.39, 0.29) is 16.4 Å². The highest BCUT2D eigenvalue weighted by Crippen LogP contribution is 2.32. The molecule has 0 saturated heterocycles. The number of hydrogen-bond donors (Lipinski definition) is 2. The molecule has 2 nitrogen and oxygen atoms in total. The summed E-state index contributed by atoms with van der Waals surface area (Å²) in [6.45, 7) is 0. The van der Waals surface area contributed by atoms with E-state index < -0.39 is 11.6 Å². The van der Waals surface area contributed by atoms with E-state index in [2.05, 4.69) is 5.32 Å². The Morgan fingerprint density at radius 3 is 2.44 bits per heavy atom. The van der Waals surface area contributed by atoms with E-state index in [1.807, 2.05) is 0 Å². The highest BCUT2D eigenvalue weighted by atomic mass is 35.5. The maximum Gasteiger partial charge on any atom is 0.184 e. The number of benzene rings is 2. The molecule has 0 bridgehead atoms. The van der Waals surface area contributed by atoms with E-state index in [0.717, 1.165) is 6.07 Å². The van der Waals surface area contributed by atoms with Crippen LogP contribution < -0.4 is 11.1 Å². The van der Waals surface area contributed by atoms with Crippen molar-refractivity contribution in [3.8, 4) is 0 Å². The Morgan fingerprint density at radius 2 is 1.78 bits per heavy atom. The molecule has 0 fully saturated rings. The van der Waals surface area contributed by atoms with Gasteiger partial charge in [0.15, 0.2) is 11.6 Å². The van der Waals surface area contributed by atoms with Gasteiger partial charge in [-0.25, -0.2) is 8.78 Å². The summed E-state index contributed by atoms with van der Waals surface area (Å²) in [6, 6.07) is 6.83. The molecule has 2 rings (SSSR count). The van der Waals surface area contributed by atoms with Crippen LogP contribution in [0.15, 0.2) is 30.3 Å². The van der Waals surface area contributed by atoms with E-state index in [0.29, 0.717) is 10.7 Å². The topological polar surface area (TPSA) is 38.0 Å². The zero-order chi connectivity index (χ0) is 13.3. The van der Waals surface area contributed by atoms with Gasteiger partial charge in [-0.1, -0.05) is 23.2 Å². The van der Waals surface area contributed by atoms with Gasteiger partial charge in [0.1, 0.15) is 5.69 Å². The van der Waals surface area contributed by atoms with Crippen LogP contribution in [0.25, 0.3) is 0 Å². The van der Waals surface area contributed by atoms with Crippen LogP contribution in [-0.4, -0.2) is 0 Å². The second-order valence-electron chi connectivity index (χ2n) is 3.57. The first kappa shape index (κ1) is 12.9. The smallest absolute Gasteiger partial charge is 0.184 e. The van der Waals surface area contributed by atoms with Crippen LogP contribution in [0.4, 0.5) is 25.8 Å². The average molecular weight is 289 g/mol. The van der Waals surface area contributed by atoms with Crippen molar-refractivity contribution in [3.05, 3.63) is 52.0 Å². The summed E-state index contributed by atoms with van der Waals surface area (Å²) in [5.74, 6) is -2.04. The Morgan fingerprint density at radius 1 is 1.06 bits per heavy atom. The first-order chi connectivity index (χ1) is 8.49. The molecule has 0 unspecified atom stereocenters. The third-order valence-corrected chi connectivity index (χ3v) is 2.87. The monoisotopic (exact) mass is 288 g/mol. The lowest BCUT2D eigenvalue weighted by molar-refractivity contribution is 0.512. The molecule has 0 aliphatic rings. The minimum absolute atomic E-state index is 0.0833. The van der Waals surface area contributed by atoms with Gasteiger partial charge in [-0.3, -0.25) is 0 Å². The molecule has 2 aromatic rings. The number of rotatable bonds is 2. The second kappa shape index (κ2) is 5.00. The van der Waals surface area contributed by atoms with Crippen LogP contribution in [0.5, 0.6) is 0 Å². The van der Waals surface area contributed by atoms with E-state index in [4.69, 9.17) is 28.9 Å². The van der Waals surface area contributed by atoms with Gasteiger partial charge in [0.05, 0.1) is 16.4 Å². The molecule has 0 heterocycles. The summed E-state index contributed by atoms with van der Waals surface area (Å²) >= 11 is 11.7. The lowest BCUT2D eigenvalue weighted by Gasteiger charge is -2.12. The molecule has 6 heteroatoms. The van der Waals surface area contributed by atoms with Crippen molar-refractivity contribution in [1.82, 2.24) is 0 Å². The van der Waals surface area contributed by atoms with Gasteiger partial charge in [-0.2, -0.15) is 0 Å². The summed E-state index contributed by atoms with van der Waals surface area (Å²) in [7, 11) is 0. The van der Waals surface area contributed by atoms with Gasteiger partial charge in [0.2, 0.25) is 0 Å². The number of anilines is 3. The Bertz CT molecular complexity index is 603. The molecule has 0 aliphatic heterocycles. The molecule has 94 valence electrons. The number of hydrogen-bond acceptors (Lipinski definition) is 2. The molecule has 0 radical (unpaired) electrons. The summed E-state index contributed by atoms with van der Waals surface area (Å²) in [5, 5.41) is 3.37. The predicted molar refractivity (Wildman–Crippen MR) is 70.5 cm³/mol. The minimum Gasteiger partial charge on any atom is -0.397 e. The van der Waals surface area contributed by atoms with Gasteiger partial charge in [-0.15, -0.1) is 0 Å². The third-order valence-electron chi connectivity index (χ3n) is 2.32. The van der Waals surface area contributed by atoms with Crippen molar-refractivity contribution in [2.75, 3.05) is 11.1 Å². The molecule has 0 aliphatic carbocycles. The first-order valence-electron chi connectivity index (χ1n) is 4.94. The van der Waals surface area contributed by atoms with E-state index >= 15 is 0 Å².